The zero-order valence-electron chi connectivity index (χ0n) is 24.0. The van der Waals surface area contributed by atoms with Gasteiger partial charge in [-0.15, -0.1) is 0 Å². The van der Waals surface area contributed by atoms with Crippen LogP contribution in [0.3, 0.4) is 0 Å². The number of carbonyl (C=O) groups excluding carboxylic acids is 1. The number of benzene rings is 2. The molecule has 0 saturated carbocycles. The van der Waals surface area contributed by atoms with E-state index in [-0.39, 0.29) is 18.1 Å². The molecule has 2 aliphatic heterocycles. The Kier molecular flexibility index (Phi) is 8.75. The highest BCUT2D eigenvalue weighted by atomic mass is 16.6. The molecule has 0 radical (unpaired) electrons. The van der Waals surface area contributed by atoms with E-state index in [2.05, 4.69) is 84.8 Å². The number of aromatic nitrogens is 4. The molecule has 1 amide bonds. The van der Waals surface area contributed by atoms with Crippen molar-refractivity contribution in [2.24, 2.45) is 0 Å². The molecule has 2 aromatic heterocycles. The molecule has 0 bridgehead atoms. The molecule has 2 unspecified atom stereocenters. The number of aliphatic hydroxyl groups is 2. The third-order valence-corrected chi connectivity index (χ3v) is 8.30. The van der Waals surface area contributed by atoms with Crippen molar-refractivity contribution < 1.29 is 19.7 Å². The summed E-state index contributed by atoms with van der Waals surface area (Å²) in [5.41, 5.74) is 1.37. The SMILES string of the molecule is CCNC(=O)[C@H]1O[C@@H](n2cnc3cncnc32)[C@@](O)(NC2CCNC(NCC(c3ccccc3)c3ccccc3)C2)[C@@H]1O. The molecular weight excluding hydrogens is 548 g/mol. The predicted octanol–water partition coefficient (Wildman–Crippen LogP) is 0.999. The summed E-state index contributed by atoms with van der Waals surface area (Å²) in [7, 11) is 0. The molecule has 6 rings (SSSR count). The fourth-order valence-corrected chi connectivity index (χ4v) is 6.15. The molecule has 4 heterocycles. The molecule has 0 spiro atoms. The van der Waals surface area contributed by atoms with E-state index >= 15 is 0 Å². The van der Waals surface area contributed by atoms with Crippen LogP contribution < -0.4 is 21.3 Å². The smallest absolute Gasteiger partial charge is 0.252 e. The van der Waals surface area contributed by atoms with Crippen LogP contribution in [0.25, 0.3) is 11.2 Å². The average Bonchev–Trinajstić information content (AvgIpc) is 3.57. The number of aliphatic hydroxyl groups excluding tert-OH is 1. The standard InChI is InChI=1S/C31H38N8O4/c1-2-33-29(41)26-27(40)31(42,30(43-26)39-19-37-24-17-32-18-36-28(24)39)38-22-13-14-34-25(15-22)35-16-23(20-9-5-3-6-10-20)21-11-7-4-8-12-21/h3-12,17-19,22-23,25-27,30,34-35,38,40,42H,2,13-16H2,1H3,(H,33,41)/t22?,25?,26-,27+,30+,31+/m0/s1. The Balaban J connectivity index is 1.20. The number of nitrogens with one attached hydrogen (secondary N) is 4. The molecule has 0 aliphatic carbocycles. The first-order valence-electron chi connectivity index (χ1n) is 14.8. The Morgan fingerprint density at radius 3 is 2.56 bits per heavy atom. The first kappa shape index (κ1) is 29.3. The van der Waals surface area contributed by atoms with Gasteiger partial charge >= 0.3 is 0 Å². The van der Waals surface area contributed by atoms with Crippen LogP contribution in [0.5, 0.6) is 0 Å². The van der Waals surface area contributed by atoms with Crippen molar-refractivity contribution in [2.75, 3.05) is 19.6 Å². The average molecular weight is 587 g/mol. The lowest BCUT2D eigenvalue weighted by Crippen LogP contribution is -2.64. The monoisotopic (exact) mass is 586 g/mol. The van der Waals surface area contributed by atoms with Gasteiger partial charge < -0.3 is 30.9 Å². The maximum atomic E-state index is 12.8. The second-order valence-electron chi connectivity index (χ2n) is 11.1. The van der Waals surface area contributed by atoms with Crippen molar-refractivity contribution in [3.63, 3.8) is 0 Å². The summed E-state index contributed by atoms with van der Waals surface area (Å²) < 4.78 is 7.59. The van der Waals surface area contributed by atoms with Crippen molar-refractivity contribution in [1.29, 1.82) is 0 Å². The highest BCUT2D eigenvalue weighted by Gasteiger charge is 2.59. The van der Waals surface area contributed by atoms with Crippen molar-refractivity contribution in [1.82, 2.24) is 40.8 Å². The molecule has 6 atom stereocenters. The third kappa shape index (κ3) is 6.03. The largest absolute Gasteiger partial charge is 0.385 e. The lowest BCUT2D eigenvalue weighted by atomic mass is 9.91. The Morgan fingerprint density at radius 2 is 1.86 bits per heavy atom. The fourth-order valence-electron chi connectivity index (χ4n) is 6.15. The summed E-state index contributed by atoms with van der Waals surface area (Å²) in [6.45, 7) is 3.54. The van der Waals surface area contributed by atoms with E-state index in [9.17, 15) is 15.0 Å². The van der Waals surface area contributed by atoms with Gasteiger partial charge in [-0.2, -0.15) is 0 Å². The zero-order valence-corrected chi connectivity index (χ0v) is 24.0. The van der Waals surface area contributed by atoms with Crippen molar-refractivity contribution in [2.45, 2.75) is 62.1 Å². The number of amides is 1. The maximum absolute atomic E-state index is 12.8. The van der Waals surface area contributed by atoms with Crippen LogP contribution in [0.2, 0.25) is 0 Å². The quantitative estimate of drug-likeness (QED) is 0.148. The Labute approximate surface area is 249 Å². The number of rotatable bonds is 10. The number of piperidine rings is 1. The number of carbonyl (C=O) groups is 1. The van der Waals surface area contributed by atoms with E-state index in [1.807, 2.05) is 12.1 Å². The molecule has 2 aliphatic rings. The maximum Gasteiger partial charge on any atom is 0.252 e. The number of imidazole rings is 1. The van der Waals surface area contributed by atoms with Crippen LogP contribution >= 0.6 is 0 Å². The second kappa shape index (κ2) is 12.8. The Hall–Kier alpha value is -3.78. The number of hydrogen-bond acceptors (Lipinski definition) is 10. The lowest BCUT2D eigenvalue weighted by molar-refractivity contribution is -0.140. The van der Waals surface area contributed by atoms with Gasteiger partial charge in [-0.05, 0) is 37.4 Å². The van der Waals surface area contributed by atoms with E-state index in [4.69, 9.17) is 4.74 Å². The van der Waals surface area contributed by atoms with Crippen molar-refractivity contribution in [3.05, 3.63) is 90.6 Å². The molecular formula is C31H38N8O4. The summed E-state index contributed by atoms with van der Waals surface area (Å²) in [4.78, 5) is 25.5. The molecule has 4 aromatic rings. The number of hydrogen-bond donors (Lipinski definition) is 6. The third-order valence-electron chi connectivity index (χ3n) is 8.30. The number of fused-ring (bicyclic) bond motifs is 1. The molecule has 2 saturated heterocycles. The second-order valence-corrected chi connectivity index (χ2v) is 11.1. The summed E-state index contributed by atoms with van der Waals surface area (Å²) in [6.07, 6.45) is 1.65. The van der Waals surface area contributed by atoms with E-state index < -0.39 is 30.1 Å². The first-order valence-corrected chi connectivity index (χ1v) is 14.8. The minimum atomic E-state index is -2.00. The first-order chi connectivity index (χ1) is 21.0. The van der Waals surface area contributed by atoms with Gasteiger partial charge in [0, 0.05) is 25.0 Å². The zero-order chi connectivity index (χ0) is 29.8. The Morgan fingerprint density at radius 1 is 1.14 bits per heavy atom. The number of nitrogens with zero attached hydrogens (tertiary/aromatic N) is 4. The molecule has 12 heteroatoms. The highest BCUT2D eigenvalue weighted by molar-refractivity contribution is 5.82. The van der Waals surface area contributed by atoms with Crippen LogP contribution in [0, 0.1) is 0 Å². The van der Waals surface area contributed by atoms with Gasteiger partial charge in [0.15, 0.2) is 23.7 Å². The van der Waals surface area contributed by atoms with E-state index in [1.54, 1.807) is 13.1 Å². The van der Waals surface area contributed by atoms with Gasteiger partial charge in [-0.3, -0.25) is 14.7 Å². The fraction of sp³-hybridized carbons (Fsp3) is 0.419. The van der Waals surface area contributed by atoms with Crippen molar-refractivity contribution in [3.8, 4) is 0 Å². The van der Waals surface area contributed by atoms with Crippen LogP contribution in [0.1, 0.15) is 43.0 Å². The molecule has 43 heavy (non-hydrogen) atoms. The van der Waals surface area contributed by atoms with Crippen LogP contribution in [-0.4, -0.2) is 85.4 Å². The molecule has 226 valence electrons. The topological polar surface area (TPSA) is 158 Å². The minimum Gasteiger partial charge on any atom is -0.385 e. The molecule has 6 N–H and O–H groups in total. The van der Waals surface area contributed by atoms with Crippen LogP contribution in [-0.2, 0) is 9.53 Å². The van der Waals surface area contributed by atoms with Crippen LogP contribution in [0.15, 0.2) is 79.5 Å². The molecule has 2 aromatic carbocycles. The van der Waals surface area contributed by atoms with E-state index in [0.29, 0.717) is 43.6 Å². The summed E-state index contributed by atoms with van der Waals surface area (Å²) in [5.74, 6) is -0.347. The normalized spacial score (nSPS) is 27.5. The van der Waals surface area contributed by atoms with Gasteiger partial charge in [0.1, 0.15) is 17.9 Å². The van der Waals surface area contributed by atoms with Crippen molar-refractivity contribution >= 4 is 17.1 Å². The van der Waals surface area contributed by atoms with Gasteiger partial charge in [0.25, 0.3) is 5.91 Å². The Bertz CT molecular complexity index is 1470. The van der Waals surface area contributed by atoms with Gasteiger partial charge in [-0.25, -0.2) is 15.0 Å². The summed E-state index contributed by atoms with van der Waals surface area (Å²) >= 11 is 0. The lowest BCUT2D eigenvalue weighted by Gasteiger charge is -2.40. The van der Waals surface area contributed by atoms with E-state index in [1.165, 1.54) is 28.3 Å². The van der Waals surface area contributed by atoms with E-state index in [0.717, 1.165) is 0 Å². The molecule has 12 nitrogen and oxygen atoms in total. The van der Waals surface area contributed by atoms with Gasteiger partial charge in [0.2, 0.25) is 0 Å². The van der Waals surface area contributed by atoms with Crippen LogP contribution in [0.4, 0.5) is 0 Å². The highest BCUT2D eigenvalue weighted by Crippen LogP contribution is 2.39. The summed E-state index contributed by atoms with van der Waals surface area (Å²) in [6, 6.07) is 20.6. The number of likely N-dealkylation sites (N-methyl/N-ethyl adjacent to an activating group) is 1. The summed E-state index contributed by atoms with van der Waals surface area (Å²) in [5, 5.41) is 36.7. The van der Waals surface area contributed by atoms with Gasteiger partial charge in [-0.1, -0.05) is 60.7 Å². The minimum absolute atomic E-state index is 0.0521. The number of ether oxygens (including phenoxy) is 1. The molecule has 2 fully saturated rings. The predicted molar refractivity (Wildman–Crippen MR) is 160 cm³/mol. The van der Waals surface area contributed by atoms with Gasteiger partial charge in [0.05, 0.1) is 18.7 Å².